The van der Waals surface area contributed by atoms with Gasteiger partial charge in [0.1, 0.15) is 0 Å². The Hall–Kier alpha value is -0.260. The lowest BCUT2D eigenvalue weighted by Gasteiger charge is -2.23. The molecule has 2 fully saturated rings. The Morgan fingerprint density at radius 1 is 1.53 bits per heavy atom. The number of thioether (sulfide) groups is 1. The summed E-state index contributed by atoms with van der Waals surface area (Å²) in [6.45, 7) is 1.51. The van der Waals surface area contributed by atoms with Crippen molar-refractivity contribution in [1.29, 1.82) is 0 Å². The third kappa shape index (κ3) is 3.36. The number of rotatable bonds is 3. The smallest absolute Gasteiger partial charge is 0.238 e. The molecule has 0 aromatic heterocycles. The summed E-state index contributed by atoms with van der Waals surface area (Å²) < 4.78 is 5.55. The quantitative estimate of drug-likeness (QED) is 0.734. The first-order valence-electron chi connectivity index (χ1n) is 5.57. The largest absolute Gasteiger partial charge is 0.376 e. The molecule has 5 heteroatoms. The molecule has 0 aliphatic carbocycles. The van der Waals surface area contributed by atoms with Crippen molar-refractivity contribution in [3.8, 4) is 0 Å². The monoisotopic (exact) mass is 230 g/mol. The van der Waals surface area contributed by atoms with E-state index >= 15 is 0 Å². The molecular formula is C10H18N2O2S. The average Bonchev–Trinajstić information content (AvgIpc) is 2.81. The van der Waals surface area contributed by atoms with Gasteiger partial charge in [-0.05, 0) is 19.3 Å². The summed E-state index contributed by atoms with van der Waals surface area (Å²) in [6.07, 6.45) is 3.69. The Kier molecular flexibility index (Phi) is 4.29. The van der Waals surface area contributed by atoms with Gasteiger partial charge in [-0.3, -0.25) is 10.1 Å². The zero-order valence-electron chi connectivity index (χ0n) is 8.83. The van der Waals surface area contributed by atoms with E-state index in [1.54, 1.807) is 11.8 Å². The first-order chi connectivity index (χ1) is 7.36. The molecule has 0 saturated carbocycles. The van der Waals surface area contributed by atoms with Crippen LogP contribution in [0.1, 0.15) is 19.3 Å². The third-order valence-corrected chi connectivity index (χ3v) is 3.75. The molecule has 0 bridgehead atoms. The molecule has 0 aromatic rings. The number of hydrogen-bond acceptors (Lipinski definition) is 4. The number of ether oxygens (including phenoxy) is 1. The second kappa shape index (κ2) is 5.72. The summed E-state index contributed by atoms with van der Waals surface area (Å²) in [5.41, 5.74) is 0. The molecule has 1 amide bonds. The lowest BCUT2D eigenvalue weighted by Crippen LogP contribution is -2.45. The van der Waals surface area contributed by atoms with E-state index < -0.39 is 0 Å². The van der Waals surface area contributed by atoms with Crippen LogP contribution in [0.3, 0.4) is 0 Å². The molecule has 2 rings (SSSR count). The maximum atomic E-state index is 11.6. The Balaban J connectivity index is 1.65. The highest BCUT2D eigenvalue weighted by Gasteiger charge is 2.23. The molecule has 0 aromatic carbocycles. The van der Waals surface area contributed by atoms with Crippen LogP contribution in [0.4, 0.5) is 0 Å². The fourth-order valence-electron chi connectivity index (χ4n) is 1.87. The van der Waals surface area contributed by atoms with Crippen LogP contribution in [-0.2, 0) is 9.53 Å². The van der Waals surface area contributed by atoms with Crippen LogP contribution in [-0.4, -0.2) is 42.8 Å². The Labute approximate surface area is 94.5 Å². The van der Waals surface area contributed by atoms with Crippen LogP contribution in [0, 0.1) is 0 Å². The van der Waals surface area contributed by atoms with Gasteiger partial charge in [-0.15, -0.1) is 11.8 Å². The molecule has 2 saturated heterocycles. The van der Waals surface area contributed by atoms with E-state index in [-0.39, 0.29) is 18.1 Å². The van der Waals surface area contributed by atoms with Crippen molar-refractivity contribution >= 4 is 17.7 Å². The van der Waals surface area contributed by atoms with E-state index in [1.165, 1.54) is 6.42 Å². The van der Waals surface area contributed by atoms with Gasteiger partial charge in [0.05, 0.1) is 12.1 Å². The zero-order chi connectivity index (χ0) is 10.5. The van der Waals surface area contributed by atoms with Crippen LogP contribution in [0.25, 0.3) is 0 Å². The van der Waals surface area contributed by atoms with Gasteiger partial charge in [0.2, 0.25) is 5.91 Å². The van der Waals surface area contributed by atoms with Gasteiger partial charge < -0.3 is 10.1 Å². The predicted octanol–water partition coefficient (Wildman–Crippen LogP) is 0.334. The topological polar surface area (TPSA) is 50.4 Å². The van der Waals surface area contributed by atoms with Crippen LogP contribution in [0.15, 0.2) is 0 Å². The van der Waals surface area contributed by atoms with E-state index in [0.29, 0.717) is 6.54 Å². The molecule has 0 radical (unpaired) electrons. The minimum atomic E-state index is -0.00131. The number of carbonyl (C=O) groups excluding carboxylic acids is 1. The Morgan fingerprint density at radius 2 is 2.47 bits per heavy atom. The molecule has 15 heavy (non-hydrogen) atoms. The van der Waals surface area contributed by atoms with Gasteiger partial charge in [-0.2, -0.15) is 0 Å². The maximum Gasteiger partial charge on any atom is 0.238 e. The van der Waals surface area contributed by atoms with Crippen molar-refractivity contribution < 1.29 is 9.53 Å². The van der Waals surface area contributed by atoms with Crippen LogP contribution < -0.4 is 10.6 Å². The van der Waals surface area contributed by atoms with E-state index in [1.807, 2.05) is 0 Å². The average molecular weight is 230 g/mol. The van der Waals surface area contributed by atoms with Crippen molar-refractivity contribution in [2.24, 2.45) is 0 Å². The highest BCUT2D eigenvalue weighted by Crippen LogP contribution is 2.12. The SMILES string of the molecule is O=C(NC[C@@H]1CCCCO1)[C@H]1CSCN1. The molecule has 0 unspecified atom stereocenters. The molecular weight excluding hydrogens is 212 g/mol. The summed E-state index contributed by atoms with van der Waals surface area (Å²) in [5, 5.41) is 6.11. The first-order valence-corrected chi connectivity index (χ1v) is 6.72. The minimum absolute atomic E-state index is 0.00131. The van der Waals surface area contributed by atoms with Gasteiger partial charge in [0.15, 0.2) is 0 Å². The fraction of sp³-hybridized carbons (Fsp3) is 0.900. The van der Waals surface area contributed by atoms with Crippen molar-refractivity contribution in [2.45, 2.75) is 31.4 Å². The van der Waals surface area contributed by atoms with E-state index in [4.69, 9.17) is 4.74 Å². The van der Waals surface area contributed by atoms with Gasteiger partial charge in [0.25, 0.3) is 0 Å². The van der Waals surface area contributed by atoms with Crippen molar-refractivity contribution in [1.82, 2.24) is 10.6 Å². The number of amides is 1. The van der Waals surface area contributed by atoms with E-state index in [2.05, 4.69) is 10.6 Å². The van der Waals surface area contributed by atoms with Crippen molar-refractivity contribution in [2.75, 3.05) is 24.8 Å². The Bertz CT molecular complexity index is 213. The predicted molar refractivity (Wildman–Crippen MR) is 60.8 cm³/mol. The van der Waals surface area contributed by atoms with Crippen molar-refractivity contribution in [3.05, 3.63) is 0 Å². The molecule has 2 aliphatic heterocycles. The van der Waals surface area contributed by atoms with Crippen molar-refractivity contribution in [3.63, 3.8) is 0 Å². The molecule has 4 nitrogen and oxygen atoms in total. The second-order valence-electron chi connectivity index (χ2n) is 4.01. The van der Waals surface area contributed by atoms with Gasteiger partial charge in [-0.25, -0.2) is 0 Å². The van der Waals surface area contributed by atoms with E-state index in [0.717, 1.165) is 31.1 Å². The summed E-state index contributed by atoms with van der Waals surface area (Å²) in [6, 6.07) is -0.00131. The Morgan fingerprint density at radius 3 is 3.13 bits per heavy atom. The molecule has 0 spiro atoms. The highest BCUT2D eigenvalue weighted by molar-refractivity contribution is 7.99. The molecule has 2 N–H and O–H groups in total. The normalized spacial score (nSPS) is 31.5. The maximum absolute atomic E-state index is 11.6. The van der Waals surface area contributed by atoms with Crippen LogP contribution in [0.2, 0.25) is 0 Å². The van der Waals surface area contributed by atoms with E-state index in [9.17, 15) is 4.79 Å². The summed E-state index contributed by atoms with van der Waals surface area (Å²) in [4.78, 5) is 11.6. The fourth-order valence-corrected chi connectivity index (χ4v) is 2.81. The second-order valence-corrected chi connectivity index (χ2v) is 5.04. The van der Waals surface area contributed by atoms with Gasteiger partial charge in [-0.1, -0.05) is 0 Å². The van der Waals surface area contributed by atoms with Gasteiger partial charge >= 0.3 is 0 Å². The highest BCUT2D eigenvalue weighted by atomic mass is 32.2. The first kappa shape index (κ1) is 11.2. The van der Waals surface area contributed by atoms with Crippen LogP contribution in [0.5, 0.6) is 0 Å². The molecule has 2 atom stereocenters. The summed E-state index contributed by atoms with van der Waals surface area (Å²) in [5.74, 6) is 1.89. The lowest BCUT2D eigenvalue weighted by atomic mass is 10.1. The molecule has 2 aliphatic rings. The third-order valence-electron chi connectivity index (χ3n) is 2.81. The standard InChI is InChI=1S/C10H18N2O2S/c13-10(9-6-15-7-12-9)11-5-8-3-1-2-4-14-8/h8-9,12H,1-7H2,(H,11,13)/t8-,9+/m0/s1. The molecule has 86 valence electrons. The van der Waals surface area contributed by atoms with Gasteiger partial charge in [0, 0.05) is 24.8 Å². The zero-order valence-corrected chi connectivity index (χ0v) is 9.65. The summed E-state index contributed by atoms with van der Waals surface area (Å²) in [7, 11) is 0. The lowest BCUT2D eigenvalue weighted by molar-refractivity contribution is -0.123. The molecule has 2 heterocycles. The van der Waals surface area contributed by atoms with Crippen LogP contribution >= 0.6 is 11.8 Å². The minimum Gasteiger partial charge on any atom is -0.376 e. The number of hydrogen-bond donors (Lipinski definition) is 2. The number of nitrogens with one attached hydrogen (secondary N) is 2. The summed E-state index contributed by atoms with van der Waals surface area (Å²) >= 11 is 1.77. The number of carbonyl (C=O) groups is 1.